The molecule has 0 bridgehead atoms. The molecule has 0 saturated carbocycles. The van der Waals surface area contributed by atoms with Crippen LogP contribution in [0.5, 0.6) is 0 Å². The fourth-order valence-corrected chi connectivity index (χ4v) is 2.47. The first-order valence-corrected chi connectivity index (χ1v) is 6.62. The summed E-state index contributed by atoms with van der Waals surface area (Å²) in [7, 11) is 3.82. The molecule has 0 atom stereocenters. The van der Waals surface area contributed by atoms with Crippen LogP contribution >= 0.6 is 0 Å². The number of rotatable bonds is 2. The number of halogens is 1. The van der Waals surface area contributed by atoms with E-state index in [0.717, 1.165) is 23.7 Å². The molecule has 1 aliphatic heterocycles. The average Bonchev–Trinajstić information content (AvgIpc) is 2.87. The molecule has 0 aliphatic carbocycles. The van der Waals surface area contributed by atoms with E-state index in [1.165, 1.54) is 6.07 Å². The van der Waals surface area contributed by atoms with Crippen LogP contribution in [-0.4, -0.2) is 20.8 Å². The normalized spacial score (nSPS) is 12.6. The van der Waals surface area contributed by atoms with Crippen LogP contribution in [-0.2, 0) is 0 Å². The Morgan fingerprint density at radius 3 is 2.81 bits per heavy atom. The molecule has 106 valence electrons. The lowest BCUT2D eigenvalue weighted by atomic mass is 10.1. The molecule has 21 heavy (non-hydrogen) atoms. The zero-order valence-corrected chi connectivity index (χ0v) is 11.9. The van der Waals surface area contributed by atoms with Gasteiger partial charge >= 0.3 is 0 Å². The number of nitriles is 1. The maximum Gasteiger partial charge on any atom is 0.148 e. The van der Waals surface area contributed by atoms with E-state index in [-0.39, 0.29) is 0 Å². The lowest BCUT2D eigenvalue weighted by Gasteiger charge is -2.21. The zero-order chi connectivity index (χ0) is 15.0. The van der Waals surface area contributed by atoms with Crippen molar-refractivity contribution >= 4 is 22.7 Å². The van der Waals surface area contributed by atoms with Gasteiger partial charge in [-0.2, -0.15) is 5.26 Å². The molecule has 0 aromatic heterocycles. The van der Waals surface area contributed by atoms with Gasteiger partial charge in [0.2, 0.25) is 0 Å². The highest BCUT2D eigenvalue weighted by molar-refractivity contribution is 5.80. The van der Waals surface area contributed by atoms with Crippen LogP contribution in [0.4, 0.5) is 27.1 Å². The number of hydrogen-bond donors (Lipinski definition) is 1. The summed E-state index contributed by atoms with van der Waals surface area (Å²) in [4.78, 5) is 3.88. The quantitative estimate of drug-likeness (QED) is 0.918. The molecule has 4 nitrogen and oxygen atoms in total. The van der Waals surface area contributed by atoms with E-state index in [4.69, 9.17) is 5.26 Å². The van der Waals surface area contributed by atoms with E-state index in [0.29, 0.717) is 11.3 Å². The van der Waals surface area contributed by atoms with Crippen LogP contribution in [0.15, 0.2) is 36.4 Å². The lowest BCUT2D eigenvalue weighted by molar-refractivity contribution is 0.627. The standard InChI is InChI=1S/C16H15FN4/c1-20-10-19-14-5-4-12(8-16(14)20)21(2)15-6-3-11(9-18)7-13(15)17/h3-8,19H,10H2,1-2H3. The Balaban J connectivity index is 1.98. The van der Waals surface area contributed by atoms with Crippen LogP contribution in [0.1, 0.15) is 5.56 Å². The summed E-state index contributed by atoms with van der Waals surface area (Å²) < 4.78 is 14.1. The van der Waals surface area contributed by atoms with E-state index >= 15 is 0 Å². The second kappa shape index (κ2) is 4.98. The summed E-state index contributed by atoms with van der Waals surface area (Å²) in [5.74, 6) is -0.400. The van der Waals surface area contributed by atoms with Crippen LogP contribution in [0, 0.1) is 17.1 Å². The SMILES string of the molecule is CN1CNc2ccc(N(C)c3ccc(C#N)cc3F)cc21. The number of anilines is 4. The Bertz CT molecular complexity index is 736. The average molecular weight is 282 g/mol. The van der Waals surface area contributed by atoms with E-state index in [2.05, 4.69) is 10.2 Å². The van der Waals surface area contributed by atoms with E-state index < -0.39 is 5.82 Å². The van der Waals surface area contributed by atoms with Crippen molar-refractivity contribution < 1.29 is 4.39 Å². The molecule has 0 amide bonds. The zero-order valence-electron chi connectivity index (χ0n) is 11.9. The molecule has 0 radical (unpaired) electrons. The Kier molecular flexibility index (Phi) is 3.15. The van der Waals surface area contributed by atoms with Gasteiger partial charge in [0.25, 0.3) is 0 Å². The number of benzene rings is 2. The van der Waals surface area contributed by atoms with Gasteiger partial charge < -0.3 is 15.1 Å². The molecule has 1 heterocycles. The Labute approximate surface area is 123 Å². The molecule has 5 heteroatoms. The Morgan fingerprint density at radius 2 is 2.10 bits per heavy atom. The first-order chi connectivity index (χ1) is 10.1. The summed E-state index contributed by atoms with van der Waals surface area (Å²) >= 11 is 0. The van der Waals surface area contributed by atoms with Crippen molar-refractivity contribution in [2.45, 2.75) is 0 Å². The molecule has 3 rings (SSSR count). The van der Waals surface area contributed by atoms with Gasteiger partial charge in [-0.05, 0) is 36.4 Å². The minimum absolute atomic E-state index is 0.322. The van der Waals surface area contributed by atoms with Gasteiger partial charge in [-0.3, -0.25) is 0 Å². The maximum absolute atomic E-state index is 14.1. The predicted octanol–water partition coefficient (Wildman–Crippen LogP) is 3.28. The van der Waals surface area contributed by atoms with Crippen molar-refractivity contribution in [2.24, 2.45) is 0 Å². The molecule has 0 fully saturated rings. The molecule has 2 aromatic carbocycles. The van der Waals surface area contributed by atoms with Crippen molar-refractivity contribution in [3.05, 3.63) is 47.8 Å². The summed E-state index contributed by atoms with van der Waals surface area (Å²) in [6, 6.07) is 12.4. The molecule has 0 saturated heterocycles. The first-order valence-electron chi connectivity index (χ1n) is 6.62. The number of fused-ring (bicyclic) bond motifs is 1. The van der Waals surface area contributed by atoms with Gasteiger partial charge in [0.05, 0.1) is 35.4 Å². The Morgan fingerprint density at radius 1 is 1.29 bits per heavy atom. The van der Waals surface area contributed by atoms with E-state index in [1.807, 2.05) is 38.4 Å². The third-order valence-electron chi connectivity index (χ3n) is 3.72. The van der Waals surface area contributed by atoms with Gasteiger partial charge in [-0.1, -0.05) is 0 Å². The molecule has 2 aromatic rings. The van der Waals surface area contributed by atoms with E-state index in [9.17, 15) is 4.39 Å². The Hall–Kier alpha value is -2.74. The fourth-order valence-electron chi connectivity index (χ4n) is 2.47. The van der Waals surface area contributed by atoms with Crippen LogP contribution in [0.3, 0.4) is 0 Å². The summed E-state index contributed by atoms with van der Waals surface area (Å²) in [5, 5.41) is 12.1. The van der Waals surface area contributed by atoms with Gasteiger partial charge in [0.15, 0.2) is 0 Å². The maximum atomic E-state index is 14.1. The lowest BCUT2D eigenvalue weighted by Crippen LogP contribution is -2.16. The van der Waals surface area contributed by atoms with Crippen LogP contribution in [0.25, 0.3) is 0 Å². The van der Waals surface area contributed by atoms with Gasteiger partial charge in [-0.25, -0.2) is 4.39 Å². The van der Waals surface area contributed by atoms with Crippen molar-refractivity contribution in [1.82, 2.24) is 0 Å². The van der Waals surface area contributed by atoms with Crippen LogP contribution in [0.2, 0.25) is 0 Å². The third-order valence-corrected chi connectivity index (χ3v) is 3.72. The number of nitrogens with zero attached hydrogens (tertiary/aromatic N) is 3. The van der Waals surface area contributed by atoms with Gasteiger partial charge in [0.1, 0.15) is 5.82 Å². The molecule has 0 spiro atoms. The van der Waals surface area contributed by atoms with Gasteiger partial charge in [-0.15, -0.1) is 0 Å². The van der Waals surface area contributed by atoms with Crippen molar-refractivity contribution in [2.75, 3.05) is 35.9 Å². The van der Waals surface area contributed by atoms with Crippen molar-refractivity contribution in [3.63, 3.8) is 0 Å². The summed E-state index contributed by atoms with van der Waals surface area (Å²) in [6.07, 6.45) is 0. The first kappa shape index (κ1) is 13.3. The topological polar surface area (TPSA) is 42.3 Å². The predicted molar refractivity (Wildman–Crippen MR) is 82.5 cm³/mol. The molecule has 0 unspecified atom stereocenters. The number of hydrogen-bond acceptors (Lipinski definition) is 4. The minimum atomic E-state index is -0.400. The summed E-state index contributed by atoms with van der Waals surface area (Å²) in [5.41, 5.74) is 3.83. The van der Waals surface area contributed by atoms with E-state index in [1.54, 1.807) is 17.0 Å². The van der Waals surface area contributed by atoms with Crippen molar-refractivity contribution in [3.8, 4) is 6.07 Å². The monoisotopic (exact) mass is 282 g/mol. The largest absolute Gasteiger partial charge is 0.366 e. The van der Waals surface area contributed by atoms with Crippen molar-refractivity contribution in [1.29, 1.82) is 5.26 Å². The van der Waals surface area contributed by atoms with Crippen LogP contribution < -0.4 is 15.1 Å². The minimum Gasteiger partial charge on any atom is -0.366 e. The second-order valence-corrected chi connectivity index (χ2v) is 5.07. The highest BCUT2D eigenvalue weighted by atomic mass is 19.1. The van der Waals surface area contributed by atoms with Gasteiger partial charge in [0, 0.05) is 19.8 Å². The second-order valence-electron chi connectivity index (χ2n) is 5.07. The summed E-state index contributed by atoms with van der Waals surface area (Å²) in [6.45, 7) is 0.772. The third kappa shape index (κ3) is 2.25. The highest BCUT2D eigenvalue weighted by Gasteiger charge is 2.17. The molecule has 1 aliphatic rings. The molecule has 1 N–H and O–H groups in total. The highest BCUT2D eigenvalue weighted by Crippen LogP contribution is 2.36. The molecular formula is C16H15FN4. The molecular weight excluding hydrogens is 267 g/mol. The smallest absolute Gasteiger partial charge is 0.148 e. The fraction of sp³-hybridized carbons (Fsp3) is 0.188. The number of nitrogens with one attached hydrogen (secondary N) is 1.